The van der Waals surface area contributed by atoms with Gasteiger partial charge in [-0.05, 0) is 49.1 Å². The Hall–Kier alpha value is -2.75. The van der Waals surface area contributed by atoms with E-state index in [0.29, 0.717) is 30.8 Å². The third-order valence-corrected chi connectivity index (χ3v) is 8.69. The molecule has 2 aliphatic heterocycles. The number of fused-ring (bicyclic) bond motifs is 1. The molecule has 1 aromatic carbocycles. The molecule has 2 fully saturated rings. The zero-order chi connectivity index (χ0) is 23.5. The van der Waals surface area contributed by atoms with Gasteiger partial charge in [-0.3, -0.25) is 9.69 Å². The molecule has 0 spiro atoms. The molecule has 3 aromatic rings. The van der Waals surface area contributed by atoms with E-state index in [2.05, 4.69) is 16.1 Å². The summed E-state index contributed by atoms with van der Waals surface area (Å²) in [6.45, 7) is 5.11. The minimum absolute atomic E-state index is 0.154. The van der Waals surface area contributed by atoms with Crippen LogP contribution in [0.3, 0.4) is 0 Å². The molecule has 0 atom stereocenters. The lowest BCUT2D eigenvalue weighted by Crippen LogP contribution is -2.48. The van der Waals surface area contributed by atoms with Crippen LogP contribution < -0.4 is 0 Å². The molecule has 180 valence electrons. The Bertz CT molecular complexity index is 1210. The zero-order valence-electron chi connectivity index (χ0n) is 19.3. The molecule has 34 heavy (non-hydrogen) atoms. The van der Waals surface area contributed by atoms with Crippen molar-refractivity contribution in [3.8, 4) is 0 Å². The molecule has 8 nitrogen and oxygen atoms in total. The first-order valence-corrected chi connectivity index (χ1v) is 13.4. The highest BCUT2D eigenvalue weighted by Crippen LogP contribution is 2.21. The van der Waals surface area contributed by atoms with Crippen LogP contribution in [0.5, 0.6) is 0 Å². The van der Waals surface area contributed by atoms with Gasteiger partial charge in [-0.2, -0.15) is 4.31 Å². The van der Waals surface area contributed by atoms with E-state index < -0.39 is 10.0 Å². The van der Waals surface area contributed by atoms with E-state index in [4.69, 9.17) is 0 Å². The molecule has 2 saturated heterocycles. The van der Waals surface area contributed by atoms with Gasteiger partial charge in [-0.25, -0.2) is 13.4 Å². The molecule has 4 heterocycles. The standard InChI is InChI=1S/C25H31N5O3S/c31-25(11-8-21-6-9-23(10-7-21)34(32,33)30-13-3-4-14-30)28-17-15-27(16-18-28)19-22-20-29-12-2-1-5-24(29)26-22/h1-2,5-7,9-10,12,20H,3-4,8,11,13-19H2. The second-order valence-corrected chi connectivity index (χ2v) is 11.0. The Morgan fingerprint density at radius 2 is 1.65 bits per heavy atom. The van der Waals surface area contributed by atoms with Crippen molar-refractivity contribution in [1.29, 1.82) is 0 Å². The van der Waals surface area contributed by atoms with Crippen LogP contribution in [0.1, 0.15) is 30.5 Å². The zero-order valence-corrected chi connectivity index (χ0v) is 20.2. The van der Waals surface area contributed by atoms with Crippen molar-refractivity contribution in [2.75, 3.05) is 39.3 Å². The first-order chi connectivity index (χ1) is 16.5. The van der Waals surface area contributed by atoms with Crippen LogP contribution in [-0.2, 0) is 27.8 Å². The van der Waals surface area contributed by atoms with Gasteiger partial charge in [0.1, 0.15) is 5.65 Å². The number of carbonyl (C=O) groups is 1. The van der Waals surface area contributed by atoms with Gasteiger partial charge in [0, 0.05) is 64.6 Å². The maximum absolute atomic E-state index is 12.7. The summed E-state index contributed by atoms with van der Waals surface area (Å²) >= 11 is 0. The van der Waals surface area contributed by atoms with Gasteiger partial charge in [0.25, 0.3) is 0 Å². The van der Waals surface area contributed by atoms with Crippen molar-refractivity contribution in [2.45, 2.75) is 37.1 Å². The summed E-state index contributed by atoms with van der Waals surface area (Å²) in [7, 11) is -3.39. The summed E-state index contributed by atoms with van der Waals surface area (Å²) in [6.07, 6.45) is 6.97. The van der Waals surface area contributed by atoms with Crippen LogP contribution in [0, 0.1) is 0 Å². The quantitative estimate of drug-likeness (QED) is 0.518. The fourth-order valence-electron chi connectivity index (χ4n) is 4.76. The Labute approximate surface area is 200 Å². The number of nitrogens with zero attached hydrogens (tertiary/aromatic N) is 5. The number of benzene rings is 1. The van der Waals surface area contributed by atoms with Crippen LogP contribution in [0.4, 0.5) is 0 Å². The van der Waals surface area contributed by atoms with Gasteiger partial charge in [0.2, 0.25) is 15.9 Å². The molecule has 0 bridgehead atoms. The molecule has 0 unspecified atom stereocenters. The molecule has 0 radical (unpaired) electrons. The molecule has 2 aromatic heterocycles. The van der Waals surface area contributed by atoms with Gasteiger partial charge in [0.05, 0.1) is 10.6 Å². The fraction of sp³-hybridized carbons (Fsp3) is 0.440. The molecular weight excluding hydrogens is 450 g/mol. The maximum Gasteiger partial charge on any atom is 0.243 e. The number of pyridine rings is 1. The van der Waals surface area contributed by atoms with E-state index in [1.165, 1.54) is 0 Å². The lowest BCUT2D eigenvalue weighted by Gasteiger charge is -2.34. The summed E-state index contributed by atoms with van der Waals surface area (Å²) in [5.41, 5.74) is 2.98. The predicted molar refractivity (Wildman–Crippen MR) is 130 cm³/mol. The highest BCUT2D eigenvalue weighted by atomic mass is 32.2. The van der Waals surface area contributed by atoms with Crippen molar-refractivity contribution in [3.05, 3.63) is 66.1 Å². The average Bonchev–Trinajstić information content (AvgIpc) is 3.54. The topological polar surface area (TPSA) is 78.2 Å². The van der Waals surface area contributed by atoms with Crippen molar-refractivity contribution in [1.82, 2.24) is 23.5 Å². The third-order valence-electron chi connectivity index (χ3n) is 6.78. The predicted octanol–water partition coefficient (Wildman–Crippen LogP) is 2.40. The Morgan fingerprint density at radius 3 is 2.35 bits per heavy atom. The number of hydrogen-bond acceptors (Lipinski definition) is 5. The van der Waals surface area contributed by atoms with E-state index in [9.17, 15) is 13.2 Å². The molecule has 5 rings (SSSR count). The Kier molecular flexibility index (Phi) is 6.67. The van der Waals surface area contributed by atoms with Crippen molar-refractivity contribution < 1.29 is 13.2 Å². The first kappa shape index (κ1) is 23.0. The average molecular weight is 482 g/mol. The molecule has 0 saturated carbocycles. The van der Waals surface area contributed by atoms with E-state index in [1.807, 2.05) is 45.8 Å². The lowest BCUT2D eigenvalue weighted by molar-refractivity contribution is -0.133. The van der Waals surface area contributed by atoms with E-state index >= 15 is 0 Å². The number of aromatic nitrogens is 2. The molecule has 2 aliphatic rings. The number of amides is 1. The second kappa shape index (κ2) is 9.85. The highest BCUT2D eigenvalue weighted by Gasteiger charge is 2.27. The van der Waals surface area contributed by atoms with E-state index in [1.54, 1.807) is 16.4 Å². The minimum atomic E-state index is -3.39. The number of carbonyl (C=O) groups excluding carboxylic acids is 1. The van der Waals surface area contributed by atoms with E-state index in [0.717, 1.165) is 62.5 Å². The number of hydrogen-bond donors (Lipinski definition) is 0. The SMILES string of the molecule is O=C(CCc1ccc(S(=O)(=O)N2CCCC2)cc1)N1CCN(Cc2cn3ccccc3n2)CC1. The smallest absolute Gasteiger partial charge is 0.243 e. The largest absolute Gasteiger partial charge is 0.340 e. The van der Waals surface area contributed by atoms with Gasteiger partial charge in [-0.1, -0.05) is 18.2 Å². The van der Waals surface area contributed by atoms with Crippen LogP contribution >= 0.6 is 0 Å². The monoisotopic (exact) mass is 481 g/mol. The number of sulfonamides is 1. The lowest BCUT2D eigenvalue weighted by atomic mass is 10.1. The third kappa shape index (κ3) is 5.01. The maximum atomic E-state index is 12.7. The van der Waals surface area contributed by atoms with Crippen LogP contribution in [0.25, 0.3) is 5.65 Å². The molecule has 0 aliphatic carbocycles. The fourth-order valence-corrected chi connectivity index (χ4v) is 6.28. The van der Waals surface area contributed by atoms with Crippen molar-refractivity contribution >= 4 is 21.6 Å². The normalized spacial score (nSPS) is 18.1. The van der Waals surface area contributed by atoms with Crippen LogP contribution in [0.2, 0.25) is 0 Å². The number of aryl methyl sites for hydroxylation is 1. The van der Waals surface area contributed by atoms with Gasteiger partial charge >= 0.3 is 0 Å². The van der Waals surface area contributed by atoms with Gasteiger partial charge in [0.15, 0.2) is 0 Å². The van der Waals surface area contributed by atoms with E-state index in [-0.39, 0.29) is 5.91 Å². The molecule has 9 heteroatoms. The summed E-state index contributed by atoms with van der Waals surface area (Å²) in [4.78, 5) is 22.0. The van der Waals surface area contributed by atoms with Crippen molar-refractivity contribution in [3.63, 3.8) is 0 Å². The summed E-state index contributed by atoms with van der Waals surface area (Å²) < 4.78 is 28.9. The van der Waals surface area contributed by atoms with Crippen LogP contribution in [0.15, 0.2) is 59.8 Å². The molecule has 1 amide bonds. The number of imidazole rings is 1. The Balaban J connectivity index is 1.09. The van der Waals surface area contributed by atoms with Crippen molar-refractivity contribution in [2.24, 2.45) is 0 Å². The van der Waals surface area contributed by atoms with Gasteiger partial charge in [-0.15, -0.1) is 0 Å². The summed E-state index contributed by atoms with van der Waals surface area (Å²) in [5, 5.41) is 0. The summed E-state index contributed by atoms with van der Waals surface area (Å²) in [6, 6.07) is 13.0. The minimum Gasteiger partial charge on any atom is -0.340 e. The van der Waals surface area contributed by atoms with Crippen LogP contribution in [-0.4, -0.2) is 77.1 Å². The Morgan fingerprint density at radius 1 is 0.912 bits per heavy atom. The second-order valence-electron chi connectivity index (χ2n) is 9.11. The molecular formula is C25H31N5O3S. The van der Waals surface area contributed by atoms with Gasteiger partial charge < -0.3 is 9.30 Å². The summed E-state index contributed by atoms with van der Waals surface area (Å²) in [5.74, 6) is 0.154. The number of rotatable bonds is 7. The number of piperazine rings is 1. The first-order valence-electron chi connectivity index (χ1n) is 12.0. The molecule has 0 N–H and O–H groups in total. The highest BCUT2D eigenvalue weighted by molar-refractivity contribution is 7.89.